The Morgan fingerprint density at radius 3 is 2.09 bits per heavy atom. The second-order valence-electron chi connectivity index (χ2n) is 2.04. The van der Waals surface area contributed by atoms with E-state index in [9.17, 15) is 0 Å². The van der Waals surface area contributed by atoms with Crippen LogP contribution in [-0.2, 0) is 4.74 Å². The van der Waals surface area contributed by atoms with Gasteiger partial charge in [-0.3, -0.25) is 0 Å². The quantitative estimate of drug-likeness (QED) is 0.556. The average Bonchev–Trinajstić information content (AvgIpc) is 2.02. The van der Waals surface area contributed by atoms with Gasteiger partial charge in [0.2, 0.25) is 0 Å². The van der Waals surface area contributed by atoms with Crippen LogP contribution in [0.25, 0.3) is 0 Å². The molecule has 64 valence electrons. The molecule has 0 aromatic rings. The lowest BCUT2D eigenvalue weighted by Gasteiger charge is -1.82. The van der Waals surface area contributed by atoms with Gasteiger partial charge in [0.05, 0.1) is 0 Å². The minimum Gasteiger partial charge on any atom is -0.388 e. The molecule has 0 saturated carbocycles. The van der Waals surface area contributed by atoms with E-state index in [-0.39, 0.29) is 0 Å². The topological polar surface area (TPSA) is 9.23 Å². The van der Waals surface area contributed by atoms with Crippen molar-refractivity contribution < 1.29 is 4.74 Å². The smallest absolute Gasteiger partial charge is 0.0351 e. The Bertz CT molecular complexity index is 132. The predicted octanol–water partition coefficient (Wildman–Crippen LogP) is 2.96. The molecule has 0 amide bonds. The normalized spacial score (nSPS) is 10.7. The maximum Gasteiger partial charge on any atom is 0.0351 e. The minimum atomic E-state index is 1.27. The van der Waals surface area contributed by atoms with Crippen molar-refractivity contribution in [1.82, 2.24) is 0 Å². The minimum absolute atomic E-state index is 1.27. The summed E-state index contributed by atoms with van der Waals surface area (Å²) < 4.78 is 4.25. The second-order valence-corrected chi connectivity index (χ2v) is 2.04. The number of allylic oxidation sites excluding steroid dienone is 5. The highest BCUT2D eigenvalue weighted by Crippen LogP contribution is 1.92. The SMILES string of the molecule is C=C/C=C\C(C)=C/C.COC. The highest BCUT2D eigenvalue weighted by Gasteiger charge is 1.70. The summed E-state index contributed by atoms with van der Waals surface area (Å²) in [5.74, 6) is 0. The summed E-state index contributed by atoms with van der Waals surface area (Å²) in [4.78, 5) is 0. The van der Waals surface area contributed by atoms with E-state index in [1.807, 2.05) is 19.1 Å². The first-order chi connectivity index (χ1) is 5.22. The zero-order valence-electron chi connectivity index (χ0n) is 7.92. The lowest BCUT2D eigenvalue weighted by molar-refractivity contribution is 0.277. The van der Waals surface area contributed by atoms with Crippen molar-refractivity contribution >= 4 is 0 Å². The number of hydrogen-bond acceptors (Lipinski definition) is 1. The molecule has 0 fully saturated rings. The van der Waals surface area contributed by atoms with E-state index in [2.05, 4.69) is 24.3 Å². The van der Waals surface area contributed by atoms with Crippen LogP contribution >= 0.6 is 0 Å². The third-order valence-corrected chi connectivity index (χ3v) is 0.951. The molecule has 0 unspecified atom stereocenters. The highest BCUT2D eigenvalue weighted by molar-refractivity contribution is 5.18. The van der Waals surface area contributed by atoms with E-state index in [0.29, 0.717) is 0 Å². The van der Waals surface area contributed by atoms with Gasteiger partial charge in [0, 0.05) is 14.2 Å². The fourth-order valence-electron chi connectivity index (χ4n) is 0.316. The van der Waals surface area contributed by atoms with Crippen molar-refractivity contribution in [3.05, 3.63) is 36.5 Å². The number of hydrogen-bond donors (Lipinski definition) is 0. The van der Waals surface area contributed by atoms with Crippen molar-refractivity contribution in [2.24, 2.45) is 0 Å². The standard InChI is InChI=1S/C8H12.C2H6O/c1-4-6-7-8(3)5-2;1-3-2/h4-7H,1H2,2-3H3;1-2H3/b7-6-,8-5-;. The Balaban J connectivity index is 0. The molecular formula is C10H18O. The summed E-state index contributed by atoms with van der Waals surface area (Å²) in [5.41, 5.74) is 1.27. The predicted molar refractivity (Wildman–Crippen MR) is 51.7 cm³/mol. The Kier molecular flexibility index (Phi) is 13.9. The Labute approximate surface area is 70.1 Å². The summed E-state index contributed by atoms with van der Waals surface area (Å²) in [7, 11) is 3.25. The Morgan fingerprint density at radius 2 is 1.82 bits per heavy atom. The molecule has 0 heterocycles. The van der Waals surface area contributed by atoms with E-state index in [0.717, 1.165) is 0 Å². The molecule has 11 heavy (non-hydrogen) atoms. The van der Waals surface area contributed by atoms with Gasteiger partial charge in [-0.05, 0) is 13.8 Å². The van der Waals surface area contributed by atoms with Gasteiger partial charge in [-0.15, -0.1) is 0 Å². The summed E-state index contributed by atoms with van der Waals surface area (Å²) in [5, 5.41) is 0. The first-order valence-electron chi connectivity index (χ1n) is 3.55. The third kappa shape index (κ3) is 17.6. The van der Waals surface area contributed by atoms with Crippen LogP contribution in [0.4, 0.5) is 0 Å². The largest absolute Gasteiger partial charge is 0.388 e. The van der Waals surface area contributed by atoms with Crippen LogP contribution in [0.1, 0.15) is 13.8 Å². The van der Waals surface area contributed by atoms with Crippen LogP contribution < -0.4 is 0 Å². The molecule has 0 spiro atoms. The van der Waals surface area contributed by atoms with Gasteiger partial charge in [0.15, 0.2) is 0 Å². The summed E-state index contributed by atoms with van der Waals surface area (Å²) in [6.45, 7) is 7.63. The third-order valence-electron chi connectivity index (χ3n) is 0.951. The molecule has 1 heteroatoms. The Morgan fingerprint density at radius 1 is 1.36 bits per heavy atom. The lowest BCUT2D eigenvalue weighted by atomic mass is 10.3. The maximum atomic E-state index is 4.25. The molecule has 0 N–H and O–H groups in total. The fraction of sp³-hybridized carbons (Fsp3) is 0.400. The monoisotopic (exact) mass is 154 g/mol. The van der Waals surface area contributed by atoms with Gasteiger partial charge in [-0.1, -0.05) is 36.5 Å². The zero-order valence-corrected chi connectivity index (χ0v) is 7.92. The summed E-state index contributed by atoms with van der Waals surface area (Å²) in [6, 6.07) is 0. The maximum absolute atomic E-state index is 4.25. The molecule has 1 nitrogen and oxygen atoms in total. The van der Waals surface area contributed by atoms with Gasteiger partial charge in [0.1, 0.15) is 0 Å². The van der Waals surface area contributed by atoms with Gasteiger partial charge in [0.25, 0.3) is 0 Å². The molecule has 0 atom stereocenters. The number of methoxy groups -OCH3 is 1. The van der Waals surface area contributed by atoms with E-state index in [1.165, 1.54) is 5.57 Å². The van der Waals surface area contributed by atoms with Crippen molar-refractivity contribution in [3.8, 4) is 0 Å². The van der Waals surface area contributed by atoms with Crippen LogP contribution in [0.5, 0.6) is 0 Å². The van der Waals surface area contributed by atoms with Gasteiger partial charge in [-0.2, -0.15) is 0 Å². The van der Waals surface area contributed by atoms with Crippen molar-refractivity contribution in [2.45, 2.75) is 13.8 Å². The van der Waals surface area contributed by atoms with Gasteiger partial charge in [-0.25, -0.2) is 0 Å². The van der Waals surface area contributed by atoms with E-state index >= 15 is 0 Å². The van der Waals surface area contributed by atoms with Crippen LogP contribution in [0.3, 0.4) is 0 Å². The van der Waals surface area contributed by atoms with Gasteiger partial charge < -0.3 is 4.74 Å². The van der Waals surface area contributed by atoms with Crippen LogP contribution in [0.2, 0.25) is 0 Å². The molecule has 0 aromatic carbocycles. The molecule has 0 aliphatic carbocycles. The first-order valence-corrected chi connectivity index (χ1v) is 3.55. The van der Waals surface area contributed by atoms with Crippen molar-refractivity contribution in [2.75, 3.05) is 14.2 Å². The molecular weight excluding hydrogens is 136 g/mol. The van der Waals surface area contributed by atoms with Crippen LogP contribution in [0, 0.1) is 0 Å². The molecule has 0 aliphatic rings. The highest BCUT2D eigenvalue weighted by atomic mass is 16.4. The summed E-state index contributed by atoms with van der Waals surface area (Å²) >= 11 is 0. The Hall–Kier alpha value is -0.820. The van der Waals surface area contributed by atoms with E-state index in [4.69, 9.17) is 0 Å². The van der Waals surface area contributed by atoms with Crippen molar-refractivity contribution in [3.63, 3.8) is 0 Å². The molecule has 0 rings (SSSR count). The average molecular weight is 154 g/mol. The zero-order chi connectivity index (χ0) is 9.11. The summed E-state index contributed by atoms with van der Waals surface area (Å²) in [6.07, 6.45) is 7.77. The lowest BCUT2D eigenvalue weighted by Crippen LogP contribution is -1.60. The fourth-order valence-corrected chi connectivity index (χ4v) is 0.316. The molecule has 0 aromatic heterocycles. The van der Waals surface area contributed by atoms with Crippen LogP contribution in [-0.4, -0.2) is 14.2 Å². The van der Waals surface area contributed by atoms with E-state index < -0.39 is 0 Å². The number of rotatable bonds is 2. The van der Waals surface area contributed by atoms with Gasteiger partial charge >= 0.3 is 0 Å². The van der Waals surface area contributed by atoms with E-state index in [1.54, 1.807) is 20.3 Å². The molecule has 0 aliphatic heterocycles. The second kappa shape index (κ2) is 11.9. The number of ether oxygens (including phenoxy) is 1. The van der Waals surface area contributed by atoms with Crippen molar-refractivity contribution in [1.29, 1.82) is 0 Å². The molecule has 0 radical (unpaired) electrons. The molecule has 0 saturated heterocycles. The first kappa shape index (κ1) is 12.8. The van der Waals surface area contributed by atoms with Crippen LogP contribution in [0.15, 0.2) is 36.5 Å². The molecule has 0 bridgehead atoms.